The molecule has 0 aliphatic rings. The Bertz CT molecular complexity index is 416. The summed E-state index contributed by atoms with van der Waals surface area (Å²) < 4.78 is 5.36. The van der Waals surface area contributed by atoms with Gasteiger partial charge in [-0.1, -0.05) is 30.3 Å². The van der Waals surface area contributed by atoms with Gasteiger partial charge < -0.3 is 14.9 Å². The quantitative estimate of drug-likeness (QED) is 0.682. The average Bonchev–Trinajstić information content (AvgIpc) is 2.44. The summed E-state index contributed by atoms with van der Waals surface area (Å²) in [5, 5.41) is 18.1. The van der Waals surface area contributed by atoms with Crippen LogP contribution in [-0.2, 0) is 20.9 Å². The maximum atomic E-state index is 11.3. The van der Waals surface area contributed by atoms with Gasteiger partial charge in [-0.25, -0.2) is 0 Å². The van der Waals surface area contributed by atoms with Crippen molar-refractivity contribution in [3.63, 3.8) is 0 Å². The molecule has 0 aliphatic carbocycles. The van der Waals surface area contributed by atoms with E-state index in [-0.39, 0.29) is 31.7 Å². The number of benzene rings is 1. The van der Waals surface area contributed by atoms with Crippen molar-refractivity contribution < 1.29 is 24.5 Å². The Morgan fingerprint density at radius 2 is 1.80 bits per heavy atom. The van der Waals surface area contributed by atoms with Crippen LogP contribution in [0.4, 0.5) is 0 Å². The summed E-state index contributed by atoms with van der Waals surface area (Å²) in [6.45, 7) is 0.589. The zero-order valence-corrected chi connectivity index (χ0v) is 11.3. The second-order valence-corrected chi connectivity index (χ2v) is 4.63. The third-order valence-corrected chi connectivity index (χ3v) is 2.80. The van der Waals surface area contributed by atoms with Crippen molar-refractivity contribution in [1.82, 2.24) is 0 Å². The van der Waals surface area contributed by atoms with Crippen molar-refractivity contribution in [2.24, 2.45) is 0 Å². The largest absolute Gasteiger partial charge is 0.481 e. The standard InChI is InChI=1S/C15H20O5/c16-13(8-9-15(18)19)6-7-14(17)11-20-10-12-4-2-1-3-5-12/h1-5,14,17H,6-11H2,(H,18,19)/t14-/m1/s1. The Morgan fingerprint density at radius 1 is 1.10 bits per heavy atom. The van der Waals surface area contributed by atoms with E-state index in [0.29, 0.717) is 13.0 Å². The van der Waals surface area contributed by atoms with Gasteiger partial charge in [0.1, 0.15) is 5.78 Å². The highest BCUT2D eigenvalue weighted by molar-refractivity contribution is 5.82. The minimum absolute atomic E-state index is 0.0208. The van der Waals surface area contributed by atoms with E-state index in [1.54, 1.807) is 0 Å². The Morgan fingerprint density at radius 3 is 2.45 bits per heavy atom. The number of aliphatic carboxylic acids is 1. The molecule has 0 saturated heterocycles. The molecule has 0 fully saturated rings. The summed E-state index contributed by atoms with van der Waals surface area (Å²) in [6, 6.07) is 9.61. The van der Waals surface area contributed by atoms with Crippen molar-refractivity contribution in [3.8, 4) is 0 Å². The molecule has 110 valence electrons. The number of carboxylic acid groups (broad SMARTS) is 1. The monoisotopic (exact) mass is 280 g/mol. The van der Waals surface area contributed by atoms with E-state index >= 15 is 0 Å². The number of ketones is 1. The summed E-state index contributed by atoms with van der Waals surface area (Å²) >= 11 is 0. The molecule has 0 aliphatic heterocycles. The first kappa shape index (κ1) is 16.3. The van der Waals surface area contributed by atoms with Crippen molar-refractivity contribution in [2.45, 2.75) is 38.4 Å². The van der Waals surface area contributed by atoms with E-state index in [1.807, 2.05) is 30.3 Å². The first-order chi connectivity index (χ1) is 9.58. The van der Waals surface area contributed by atoms with E-state index in [9.17, 15) is 14.7 Å². The predicted octanol–water partition coefficient (Wildman–Crippen LogP) is 1.78. The highest BCUT2D eigenvalue weighted by atomic mass is 16.5. The van der Waals surface area contributed by atoms with Gasteiger partial charge in [0.15, 0.2) is 0 Å². The van der Waals surface area contributed by atoms with E-state index < -0.39 is 12.1 Å². The molecule has 2 N–H and O–H groups in total. The lowest BCUT2D eigenvalue weighted by molar-refractivity contribution is -0.138. The average molecular weight is 280 g/mol. The van der Waals surface area contributed by atoms with Crippen LogP contribution in [0.1, 0.15) is 31.2 Å². The predicted molar refractivity (Wildman–Crippen MR) is 73.2 cm³/mol. The highest BCUT2D eigenvalue weighted by Gasteiger charge is 2.10. The lowest BCUT2D eigenvalue weighted by Gasteiger charge is -2.10. The summed E-state index contributed by atoms with van der Waals surface area (Å²) in [4.78, 5) is 21.6. The molecule has 0 radical (unpaired) electrons. The number of carbonyl (C=O) groups is 2. The minimum Gasteiger partial charge on any atom is -0.481 e. The van der Waals surface area contributed by atoms with Gasteiger partial charge in [0, 0.05) is 12.8 Å². The van der Waals surface area contributed by atoms with Gasteiger partial charge in [-0.05, 0) is 12.0 Å². The van der Waals surface area contributed by atoms with Crippen LogP contribution in [0.3, 0.4) is 0 Å². The van der Waals surface area contributed by atoms with Crippen molar-refractivity contribution >= 4 is 11.8 Å². The molecule has 5 heteroatoms. The third kappa shape index (κ3) is 7.66. The molecule has 0 bridgehead atoms. The number of carboxylic acids is 1. The Hall–Kier alpha value is -1.72. The number of ether oxygens (including phenoxy) is 1. The molecular formula is C15H20O5. The van der Waals surface area contributed by atoms with E-state index in [2.05, 4.69) is 0 Å². The van der Waals surface area contributed by atoms with Crippen LogP contribution in [0.2, 0.25) is 0 Å². The normalized spacial score (nSPS) is 12.1. The maximum absolute atomic E-state index is 11.3. The van der Waals surface area contributed by atoms with Crippen molar-refractivity contribution in [1.29, 1.82) is 0 Å². The third-order valence-electron chi connectivity index (χ3n) is 2.80. The van der Waals surface area contributed by atoms with Gasteiger partial charge >= 0.3 is 5.97 Å². The SMILES string of the molecule is O=C(O)CCC(=O)CC[C@@H](O)COCc1ccccc1. The Kier molecular flexibility index (Phi) is 7.54. The molecule has 0 saturated carbocycles. The van der Waals surface area contributed by atoms with Crippen molar-refractivity contribution in [2.75, 3.05) is 6.61 Å². The highest BCUT2D eigenvalue weighted by Crippen LogP contribution is 2.05. The topological polar surface area (TPSA) is 83.8 Å². The van der Waals surface area contributed by atoms with Crippen LogP contribution in [0.5, 0.6) is 0 Å². The number of hydrogen-bond donors (Lipinski definition) is 2. The number of hydrogen-bond acceptors (Lipinski definition) is 4. The number of rotatable bonds is 10. The molecule has 0 spiro atoms. The zero-order chi connectivity index (χ0) is 14.8. The van der Waals surface area contributed by atoms with Crippen LogP contribution in [0.25, 0.3) is 0 Å². The fraction of sp³-hybridized carbons (Fsp3) is 0.467. The maximum Gasteiger partial charge on any atom is 0.303 e. The Labute approximate surface area is 118 Å². The fourth-order valence-corrected chi connectivity index (χ4v) is 1.67. The van der Waals surface area contributed by atoms with Gasteiger partial charge in [-0.15, -0.1) is 0 Å². The van der Waals surface area contributed by atoms with Gasteiger partial charge in [0.2, 0.25) is 0 Å². The molecule has 0 unspecified atom stereocenters. The van der Waals surface area contributed by atoms with Crippen LogP contribution >= 0.6 is 0 Å². The fourth-order valence-electron chi connectivity index (χ4n) is 1.67. The molecule has 1 rings (SSSR count). The summed E-state index contributed by atoms with van der Waals surface area (Å²) in [7, 11) is 0. The van der Waals surface area contributed by atoms with Gasteiger partial charge in [-0.2, -0.15) is 0 Å². The second-order valence-electron chi connectivity index (χ2n) is 4.63. The summed E-state index contributed by atoms with van der Waals surface area (Å²) in [5.74, 6) is -1.13. The summed E-state index contributed by atoms with van der Waals surface area (Å²) in [5.41, 5.74) is 1.03. The zero-order valence-electron chi connectivity index (χ0n) is 11.3. The van der Waals surface area contributed by atoms with Gasteiger partial charge in [0.25, 0.3) is 0 Å². The molecule has 0 heterocycles. The molecule has 0 aromatic heterocycles. The van der Waals surface area contributed by atoms with Crippen LogP contribution in [0, 0.1) is 0 Å². The van der Waals surface area contributed by atoms with E-state index in [1.165, 1.54) is 0 Å². The number of aliphatic hydroxyl groups excluding tert-OH is 1. The molecule has 20 heavy (non-hydrogen) atoms. The number of aliphatic hydroxyl groups is 1. The Balaban J connectivity index is 2.09. The number of carbonyl (C=O) groups excluding carboxylic acids is 1. The van der Waals surface area contributed by atoms with Crippen LogP contribution in [0.15, 0.2) is 30.3 Å². The van der Waals surface area contributed by atoms with E-state index in [4.69, 9.17) is 9.84 Å². The number of Topliss-reactive ketones (excluding diaryl/α,β-unsaturated/α-hetero) is 1. The first-order valence-corrected chi connectivity index (χ1v) is 6.61. The van der Waals surface area contributed by atoms with Crippen LogP contribution in [-0.4, -0.2) is 34.7 Å². The molecule has 1 atom stereocenters. The lowest BCUT2D eigenvalue weighted by atomic mass is 10.1. The molecular weight excluding hydrogens is 260 g/mol. The molecule has 1 aromatic carbocycles. The smallest absolute Gasteiger partial charge is 0.303 e. The molecule has 5 nitrogen and oxygen atoms in total. The van der Waals surface area contributed by atoms with Crippen LogP contribution < -0.4 is 0 Å². The van der Waals surface area contributed by atoms with Gasteiger partial charge in [-0.3, -0.25) is 9.59 Å². The minimum atomic E-state index is -0.981. The summed E-state index contributed by atoms with van der Waals surface area (Å²) in [6.07, 6.45) is -0.351. The van der Waals surface area contributed by atoms with Crippen molar-refractivity contribution in [3.05, 3.63) is 35.9 Å². The van der Waals surface area contributed by atoms with Gasteiger partial charge in [0.05, 0.1) is 25.7 Å². The second kappa shape index (κ2) is 9.23. The lowest BCUT2D eigenvalue weighted by Crippen LogP contribution is -2.17. The van der Waals surface area contributed by atoms with E-state index in [0.717, 1.165) is 5.56 Å². The molecule has 1 aromatic rings. The first-order valence-electron chi connectivity index (χ1n) is 6.61. The molecule has 0 amide bonds.